The maximum Gasteiger partial charge on any atom is 0.325 e. The molecule has 2 fully saturated rings. The molecule has 2 aliphatic rings. The van der Waals surface area contributed by atoms with Gasteiger partial charge in [-0.1, -0.05) is 24.3 Å². The van der Waals surface area contributed by atoms with Crippen molar-refractivity contribution in [2.75, 3.05) is 26.8 Å². The molecule has 1 unspecified atom stereocenters. The Hall–Kier alpha value is -3.62. The minimum absolute atomic E-state index is 0.0815. The molecule has 0 aromatic heterocycles. The molecule has 9 heteroatoms. The molecule has 1 atom stereocenters. The fourth-order valence-corrected chi connectivity index (χ4v) is 4.58. The van der Waals surface area contributed by atoms with E-state index in [9.17, 15) is 18.8 Å². The van der Waals surface area contributed by atoms with Crippen molar-refractivity contribution >= 4 is 17.8 Å². The third-order valence-corrected chi connectivity index (χ3v) is 6.64. The van der Waals surface area contributed by atoms with E-state index in [1.165, 1.54) is 17.0 Å². The van der Waals surface area contributed by atoms with Gasteiger partial charge in [-0.25, -0.2) is 9.18 Å². The zero-order valence-corrected chi connectivity index (χ0v) is 19.3. The minimum atomic E-state index is -1.04. The second-order valence-electron chi connectivity index (χ2n) is 8.74. The van der Waals surface area contributed by atoms with Crippen molar-refractivity contribution in [2.24, 2.45) is 5.92 Å². The van der Waals surface area contributed by atoms with Crippen LogP contribution in [-0.2, 0) is 16.1 Å². The van der Waals surface area contributed by atoms with Crippen LogP contribution in [0.1, 0.15) is 25.3 Å². The molecule has 0 aliphatic carbocycles. The van der Waals surface area contributed by atoms with E-state index in [-0.39, 0.29) is 36.7 Å². The average Bonchev–Trinajstić information content (AvgIpc) is 3.07. The molecule has 34 heavy (non-hydrogen) atoms. The number of benzene rings is 2. The third-order valence-electron chi connectivity index (χ3n) is 6.64. The van der Waals surface area contributed by atoms with Crippen LogP contribution in [0.15, 0.2) is 48.5 Å². The van der Waals surface area contributed by atoms with Crippen molar-refractivity contribution < 1.29 is 28.2 Å². The van der Waals surface area contributed by atoms with Crippen LogP contribution in [-0.4, -0.2) is 60.0 Å². The summed E-state index contributed by atoms with van der Waals surface area (Å²) in [6, 6.07) is 12.4. The van der Waals surface area contributed by atoms with Crippen LogP contribution < -0.4 is 14.8 Å². The topological polar surface area (TPSA) is 88.2 Å². The Balaban J connectivity index is 1.33. The van der Waals surface area contributed by atoms with Crippen molar-refractivity contribution in [1.82, 2.24) is 15.1 Å². The third kappa shape index (κ3) is 4.69. The van der Waals surface area contributed by atoms with Crippen LogP contribution in [0.2, 0.25) is 0 Å². The molecule has 2 aliphatic heterocycles. The number of carbonyl (C=O) groups excluding carboxylic acids is 3. The van der Waals surface area contributed by atoms with E-state index in [2.05, 4.69) is 5.32 Å². The molecular formula is C25H28FN3O5. The van der Waals surface area contributed by atoms with E-state index in [1.807, 2.05) is 6.07 Å². The highest BCUT2D eigenvalue weighted by Crippen LogP contribution is 2.34. The van der Waals surface area contributed by atoms with Gasteiger partial charge in [-0.3, -0.25) is 14.5 Å². The predicted octanol–water partition coefficient (Wildman–Crippen LogP) is 2.96. The van der Waals surface area contributed by atoms with Gasteiger partial charge in [-0.15, -0.1) is 0 Å². The summed E-state index contributed by atoms with van der Waals surface area (Å²) in [6.45, 7) is 2.65. The van der Waals surface area contributed by atoms with Crippen LogP contribution in [0.25, 0.3) is 0 Å². The van der Waals surface area contributed by atoms with Crippen molar-refractivity contribution in [3.63, 3.8) is 0 Å². The lowest BCUT2D eigenvalue weighted by Gasteiger charge is -2.38. The Labute approximate surface area is 197 Å². The SMILES string of the molecule is COc1ccccc1OCC(=O)N1CCC(C2(C)NC(=O)N(Cc3ccc(F)cc3)C2=O)CC1. The molecule has 2 aromatic carbocycles. The number of urea groups is 1. The fraction of sp³-hybridized carbons (Fsp3) is 0.400. The second-order valence-corrected chi connectivity index (χ2v) is 8.74. The van der Waals surface area contributed by atoms with E-state index in [4.69, 9.17) is 9.47 Å². The fourth-order valence-electron chi connectivity index (χ4n) is 4.58. The summed E-state index contributed by atoms with van der Waals surface area (Å²) in [7, 11) is 1.54. The molecule has 2 heterocycles. The van der Waals surface area contributed by atoms with Crippen LogP contribution in [0, 0.1) is 11.7 Å². The number of halogens is 1. The first-order chi connectivity index (χ1) is 16.3. The smallest absolute Gasteiger partial charge is 0.325 e. The van der Waals surface area contributed by atoms with Crippen LogP contribution in [0.3, 0.4) is 0 Å². The van der Waals surface area contributed by atoms with E-state index >= 15 is 0 Å². The highest BCUT2D eigenvalue weighted by Gasteiger charge is 2.52. The summed E-state index contributed by atoms with van der Waals surface area (Å²) >= 11 is 0. The predicted molar refractivity (Wildman–Crippen MR) is 122 cm³/mol. The van der Waals surface area contributed by atoms with Crippen LogP contribution >= 0.6 is 0 Å². The summed E-state index contributed by atoms with van der Waals surface area (Å²) in [5.74, 6) is 0.131. The lowest BCUT2D eigenvalue weighted by molar-refractivity contribution is -0.137. The normalized spacial score (nSPS) is 20.9. The lowest BCUT2D eigenvalue weighted by Crippen LogP contribution is -2.54. The Morgan fingerprint density at radius 1 is 1.09 bits per heavy atom. The number of likely N-dealkylation sites (tertiary alicyclic amines) is 1. The molecule has 2 saturated heterocycles. The Morgan fingerprint density at radius 3 is 2.38 bits per heavy atom. The number of imide groups is 1. The van der Waals surface area contributed by atoms with E-state index < -0.39 is 11.6 Å². The Morgan fingerprint density at radius 2 is 1.74 bits per heavy atom. The van der Waals surface area contributed by atoms with Gasteiger partial charge in [-0.05, 0) is 55.5 Å². The molecule has 4 rings (SSSR count). The van der Waals surface area contributed by atoms with Gasteiger partial charge >= 0.3 is 6.03 Å². The largest absolute Gasteiger partial charge is 0.493 e. The summed E-state index contributed by atoms with van der Waals surface area (Å²) in [5, 5.41) is 2.86. The van der Waals surface area contributed by atoms with Gasteiger partial charge in [0, 0.05) is 13.1 Å². The standard InChI is InChI=1S/C25H28FN3O5/c1-25(23(31)29(24(32)27-25)15-17-7-9-19(26)10-8-17)18-11-13-28(14-12-18)22(30)16-34-21-6-4-3-5-20(21)33-2/h3-10,18H,11-16H2,1-2H3,(H,27,32). The molecule has 1 N–H and O–H groups in total. The highest BCUT2D eigenvalue weighted by molar-refractivity contribution is 6.07. The van der Waals surface area contributed by atoms with Gasteiger partial charge in [0.15, 0.2) is 18.1 Å². The molecule has 0 radical (unpaired) electrons. The first kappa shape index (κ1) is 23.5. The van der Waals surface area contributed by atoms with Gasteiger partial charge < -0.3 is 19.7 Å². The quantitative estimate of drug-likeness (QED) is 0.630. The van der Waals surface area contributed by atoms with E-state index in [0.717, 1.165) is 0 Å². The zero-order chi connectivity index (χ0) is 24.3. The number of hydrogen-bond acceptors (Lipinski definition) is 5. The number of amides is 4. The average molecular weight is 470 g/mol. The zero-order valence-electron chi connectivity index (χ0n) is 19.3. The molecule has 2 aromatic rings. The minimum Gasteiger partial charge on any atom is -0.493 e. The molecular weight excluding hydrogens is 441 g/mol. The number of nitrogens with zero attached hydrogens (tertiary/aromatic N) is 2. The Bertz CT molecular complexity index is 1070. The van der Waals surface area contributed by atoms with Crippen molar-refractivity contribution in [3.05, 3.63) is 59.9 Å². The maximum absolute atomic E-state index is 13.2. The van der Waals surface area contributed by atoms with Gasteiger partial charge in [0.2, 0.25) is 0 Å². The van der Waals surface area contributed by atoms with E-state index in [0.29, 0.717) is 43.0 Å². The number of piperidine rings is 1. The molecule has 0 saturated carbocycles. The molecule has 0 bridgehead atoms. The molecule has 4 amide bonds. The van der Waals surface area contributed by atoms with Gasteiger partial charge in [0.05, 0.1) is 13.7 Å². The first-order valence-electron chi connectivity index (χ1n) is 11.2. The number of para-hydroxylation sites is 2. The summed E-state index contributed by atoms with van der Waals surface area (Å²) in [4.78, 5) is 41.3. The maximum atomic E-state index is 13.2. The van der Waals surface area contributed by atoms with Gasteiger partial charge in [0.1, 0.15) is 11.4 Å². The number of ether oxygens (including phenoxy) is 2. The molecule has 0 spiro atoms. The van der Waals surface area contributed by atoms with Gasteiger partial charge in [0.25, 0.3) is 11.8 Å². The summed E-state index contributed by atoms with van der Waals surface area (Å²) in [5.41, 5.74) is -0.371. The Kier molecular flexibility index (Phi) is 6.72. The van der Waals surface area contributed by atoms with Crippen LogP contribution in [0.4, 0.5) is 9.18 Å². The summed E-state index contributed by atoms with van der Waals surface area (Å²) < 4.78 is 24.1. The van der Waals surface area contributed by atoms with Crippen molar-refractivity contribution in [1.29, 1.82) is 0 Å². The first-order valence-corrected chi connectivity index (χ1v) is 11.2. The second kappa shape index (κ2) is 9.70. The number of methoxy groups -OCH3 is 1. The highest BCUT2D eigenvalue weighted by atomic mass is 19.1. The molecule has 8 nitrogen and oxygen atoms in total. The lowest BCUT2D eigenvalue weighted by atomic mass is 9.79. The number of rotatable bonds is 7. The monoisotopic (exact) mass is 469 g/mol. The van der Waals surface area contributed by atoms with Gasteiger partial charge in [-0.2, -0.15) is 0 Å². The van der Waals surface area contributed by atoms with E-state index in [1.54, 1.807) is 49.3 Å². The molecule has 180 valence electrons. The van der Waals surface area contributed by atoms with Crippen LogP contribution in [0.5, 0.6) is 11.5 Å². The van der Waals surface area contributed by atoms with Crippen molar-refractivity contribution in [3.8, 4) is 11.5 Å². The number of nitrogens with one attached hydrogen (secondary N) is 1. The number of hydrogen-bond donors (Lipinski definition) is 1. The summed E-state index contributed by atoms with van der Waals surface area (Å²) in [6.07, 6.45) is 1.15. The van der Waals surface area contributed by atoms with Crippen molar-refractivity contribution in [2.45, 2.75) is 31.8 Å². The number of carbonyl (C=O) groups is 3.